The summed E-state index contributed by atoms with van der Waals surface area (Å²) in [6.45, 7) is 3.08. The zero-order chi connectivity index (χ0) is 22.3. The Kier molecular flexibility index (Phi) is 7.63. The number of nitrogens with zero attached hydrogens (tertiary/aromatic N) is 4. The number of likely N-dealkylation sites (tertiary alicyclic amines) is 1. The van der Waals surface area contributed by atoms with Gasteiger partial charge in [0.15, 0.2) is 5.82 Å². The van der Waals surface area contributed by atoms with E-state index in [0.29, 0.717) is 31.3 Å². The Morgan fingerprint density at radius 1 is 1.12 bits per heavy atom. The lowest BCUT2D eigenvalue weighted by atomic mass is 9.90. The monoisotopic (exact) mass is 453 g/mol. The van der Waals surface area contributed by atoms with Crippen molar-refractivity contribution in [3.8, 4) is 0 Å². The van der Waals surface area contributed by atoms with Crippen LogP contribution in [0.15, 0.2) is 42.6 Å². The third-order valence-electron chi connectivity index (χ3n) is 6.37. The number of nitrogens with one attached hydrogen (secondary N) is 1. The molecule has 2 amide bonds. The van der Waals surface area contributed by atoms with Gasteiger partial charge in [-0.2, -0.15) is 16.9 Å². The quantitative estimate of drug-likeness (QED) is 0.662. The lowest BCUT2D eigenvalue weighted by molar-refractivity contribution is -0.132. The van der Waals surface area contributed by atoms with Crippen LogP contribution in [-0.4, -0.2) is 65.1 Å². The fourth-order valence-electron chi connectivity index (χ4n) is 4.33. The first kappa shape index (κ1) is 22.6. The van der Waals surface area contributed by atoms with Gasteiger partial charge in [0, 0.05) is 50.2 Å². The molecule has 170 valence electrons. The van der Waals surface area contributed by atoms with E-state index in [1.54, 1.807) is 18.0 Å². The number of hydrogen-bond donors (Lipinski definition) is 1. The molecule has 4 rings (SSSR count). The van der Waals surface area contributed by atoms with E-state index in [-0.39, 0.29) is 11.8 Å². The second kappa shape index (κ2) is 10.8. The molecule has 1 aromatic heterocycles. The predicted octanol–water partition coefficient (Wildman–Crippen LogP) is 3.09. The standard InChI is InChI=1S/C24H31N5O2S/c1-32-14-10-23(30)28-12-8-19(9-13-28)15-18-4-6-21(7-5-18)26-24(31)20-16-29(17-20)22-3-2-11-25-27-22/h2-7,11,19-20H,8-10,12-17H2,1H3,(H,26,31). The molecule has 1 aromatic carbocycles. The number of thioether (sulfide) groups is 1. The largest absolute Gasteiger partial charge is 0.353 e. The number of aromatic nitrogens is 2. The molecule has 0 aliphatic carbocycles. The van der Waals surface area contributed by atoms with E-state index in [4.69, 9.17) is 0 Å². The summed E-state index contributed by atoms with van der Waals surface area (Å²) in [4.78, 5) is 28.8. The van der Waals surface area contributed by atoms with E-state index in [9.17, 15) is 9.59 Å². The maximum Gasteiger partial charge on any atom is 0.231 e. The third-order valence-corrected chi connectivity index (χ3v) is 6.98. The Hall–Kier alpha value is -2.61. The van der Waals surface area contributed by atoms with Crippen LogP contribution in [0.1, 0.15) is 24.8 Å². The number of amides is 2. The molecule has 1 N–H and O–H groups in total. The number of anilines is 2. The summed E-state index contributed by atoms with van der Waals surface area (Å²) in [7, 11) is 0. The fourth-order valence-corrected chi connectivity index (χ4v) is 4.71. The van der Waals surface area contributed by atoms with Gasteiger partial charge in [-0.1, -0.05) is 12.1 Å². The topological polar surface area (TPSA) is 78.4 Å². The molecule has 8 heteroatoms. The Morgan fingerprint density at radius 2 is 1.88 bits per heavy atom. The van der Waals surface area contributed by atoms with E-state index in [1.165, 1.54) is 5.56 Å². The van der Waals surface area contributed by atoms with E-state index in [2.05, 4.69) is 32.5 Å². The molecule has 2 saturated heterocycles. The van der Waals surface area contributed by atoms with Gasteiger partial charge in [0.1, 0.15) is 0 Å². The van der Waals surface area contributed by atoms with Crippen molar-refractivity contribution in [3.05, 3.63) is 48.2 Å². The third kappa shape index (κ3) is 5.79. The number of hydrogen-bond acceptors (Lipinski definition) is 6. The highest BCUT2D eigenvalue weighted by Crippen LogP contribution is 2.25. The molecule has 0 bridgehead atoms. The number of piperidine rings is 1. The van der Waals surface area contributed by atoms with Crippen molar-refractivity contribution in [3.63, 3.8) is 0 Å². The Labute approximate surface area is 194 Å². The van der Waals surface area contributed by atoms with Crippen LogP contribution in [0, 0.1) is 11.8 Å². The minimum atomic E-state index is -0.0273. The zero-order valence-electron chi connectivity index (χ0n) is 18.6. The van der Waals surface area contributed by atoms with Crippen molar-refractivity contribution < 1.29 is 9.59 Å². The maximum atomic E-state index is 12.5. The zero-order valence-corrected chi connectivity index (χ0v) is 19.4. The predicted molar refractivity (Wildman–Crippen MR) is 129 cm³/mol. The van der Waals surface area contributed by atoms with Crippen LogP contribution < -0.4 is 10.2 Å². The summed E-state index contributed by atoms with van der Waals surface area (Å²) in [5, 5.41) is 11.0. The molecule has 7 nitrogen and oxygen atoms in total. The number of carbonyl (C=O) groups excluding carboxylic acids is 2. The summed E-state index contributed by atoms with van der Waals surface area (Å²) in [6, 6.07) is 12.0. The van der Waals surface area contributed by atoms with E-state index >= 15 is 0 Å². The molecular weight excluding hydrogens is 422 g/mol. The molecule has 2 fully saturated rings. The molecule has 2 aromatic rings. The number of carbonyl (C=O) groups is 2. The minimum absolute atomic E-state index is 0.0273. The highest BCUT2D eigenvalue weighted by Gasteiger charge is 2.33. The molecule has 2 aliphatic rings. The average molecular weight is 454 g/mol. The molecule has 2 aliphatic heterocycles. The molecule has 0 atom stereocenters. The highest BCUT2D eigenvalue weighted by atomic mass is 32.2. The summed E-state index contributed by atoms with van der Waals surface area (Å²) in [5.74, 6) is 2.65. The lowest BCUT2D eigenvalue weighted by Gasteiger charge is -2.38. The normalized spacial score (nSPS) is 17.2. The van der Waals surface area contributed by atoms with Crippen molar-refractivity contribution in [2.75, 3.05) is 48.4 Å². The van der Waals surface area contributed by atoms with Crippen LogP contribution in [0.2, 0.25) is 0 Å². The summed E-state index contributed by atoms with van der Waals surface area (Å²) >= 11 is 1.73. The van der Waals surface area contributed by atoms with Gasteiger partial charge in [-0.25, -0.2) is 0 Å². The summed E-state index contributed by atoms with van der Waals surface area (Å²) in [5.41, 5.74) is 2.12. The van der Waals surface area contributed by atoms with Crippen LogP contribution in [0.5, 0.6) is 0 Å². The SMILES string of the molecule is CSCCC(=O)N1CCC(Cc2ccc(NC(=O)C3CN(c4cccnn4)C3)cc2)CC1. The minimum Gasteiger partial charge on any atom is -0.353 e. The van der Waals surface area contributed by atoms with Gasteiger partial charge in [-0.15, -0.1) is 5.10 Å². The van der Waals surface area contributed by atoms with Crippen molar-refractivity contribution in [1.29, 1.82) is 0 Å². The Bertz CT molecular complexity index is 894. The van der Waals surface area contributed by atoms with Crippen molar-refractivity contribution in [1.82, 2.24) is 15.1 Å². The van der Waals surface area contributed by atoms with Crippen LogP contribution in [0.3, 0.4) is 0 Å². The van der Waals surface area contributed by atoms with Gasteiger partial charge >= 0.3 is 0 Å². The van der Waals surface area contributed by atoms with E-state index < -0.39 is 0 Å². The van der Waals surface area contributed by atoms with Crippen LogP contribution in [-0.2, 0) is 16.0 Å². The molecule has 32 heavy (non-hydrogen) atoms. The van der Waals surface area contributed by atoms with Crippen LogP contribution >= 0.6 is 11.8 Å². The molecular formula is C24H31N5O2S. The van der Waals surface area contributed by atoms with Crippen LogP contribution in [0.4, 0.5) is 11.5 Å². The molecule has 0 unspecified atom stereocenters. The van der Waals surface area contributed by atoms with Gasteiger partial charge in [-0.3, -0.25) is 9.59 Å². The molecule has 3 heterocycles. The number of rotatable bonds is 8. The summed E-state index contributed by atoms with van der Waals surface area (Å²) < 4.78 is 0. The van der Waals surface area contributed by atoms with Gasteiger partial charge in [-0.05, 0) is 61.3 Å². The second-order valence-electron chi connectivity index (χ2n) is 8.64. The fraction of sp³-hybridized carbons (Fsp3) is 0.500. The summed E-state index contributed by atoms with van der Waals surface area (Å²) in [6.07, 6.45) is 7.49. The smallest absolute Gasteiger partial charge is 0.231 e. The van der Waals surface area contributed by atoms with Gasteiger partial charge in [0.25, 0.3) is 0 Å². The Balaban J connectivity index is 1.19. The maximum absolute atomic E-state index is 12.5. The van der Waals surface area contributed by atoms with E-state index in [0.717, 1.165) is 49.6 Å². The lowest BCUT2D eigenvalue weighted by Crippen LogP contribution is -2.52. The first-order valence-corrected chi connectivity index (χ1v) is 12.7. The van der Waals surface area contributed by atoms with Crippen molar-refractivity contribution in [2.45, 2.75) is 25.7 Å². The van der Waals surface area contributed by atoms with Crippen molar-refractivity contribution in [2.24, 2.45) is 11.8 Å². The Morgan fingerprint density at radius 3 is 2.53 bits per heavy atom. The molecule has 0 saturated carbocycles. The number of benzene rings is 1. The first-order valence-electron chi connectivity index (χ1n) is 11.3. The average Bonchev–Trinajstić information content (AvgIpc) is 2.79. The van der Waals surface area contributed by atoms with E-state index in [1.807, 2.05) is 35.4 Å². The molecule has 0 spiro atoms. The van der Waals surface area contributed by atoms with Crippen molar-refractivity contribution >= 4 is 35.1 Å². The molecule has 0 radical (unpaired) electrons. The van der Waals surface area contributed by atoms with Gasteiger partial charge < -0.3 is 15.1 Å². The van der Waals surface area contributed by atoms with Crippen LogP contribution in [0.25, 0.3) is 0 Å². The first-order chi connectivity index (χ1) is 15.6. The second-order valence-corrected chi connectivity index (χ2v) is 9.63. The highest BCUT2D eigenvalue weighted by molar-refractivity contribution is 7.98. The van der Waals surface area contributed by atoms with Gasteiger partial charge in [0.2, 0.25) is 11.8 Å². The van der Waals surface area contributed by atoms with Gasteiger partial charge in [0.05, 0.1) is 5.92 Å².